The molecule has 10 heteroatoms. The SMILES string of the molecule is Cc1ccc(NC(=O)C[C@@H]2SC(N3N=C(c4ccc(F)cc4)C[C@H]3c3ccc(Cl)cc3)=NC2=O)cc1F. The molecule has 188 valence electrons. The molecular weight excluding hydrogens is 518 g/mol. The third-order valence-corrected chi connectivity index (χ3v) is 7.49. The van der Waals surface area contributed by atoms with E-state index in [9.17, 15) is 18.4 Å². The number of rotatable bonds is 5. The van der Waals surface area contributed by atoms with Gasteiger partial charge < -0.3 is 5.32 Å². The maximum atomic E-state index is 13.8. The fraction of sp³-hybridized carbons (Fsp3) is 0.185. The van der Waals surface area contributed by atoms with Crippen LogP contribution in [0.3, 0.4) is 0 Å². The van der Waals surface area contributed by atoms with Gasteiger partial charge in [-0.25, -0.2) is 13.8 Å². The Labute approximate surface area is 221 Å². The number of carbonyl (C=O) groups is 2. The van der Waals surface area contributed by atoms with Gasteiger partial charge >= 0.3 is 0 Å². The second-order valence-corrected chi connectivity index (χ2v) is 10.3. The summed E-state index contributed by atoms with van der Waals surface area (Å²) in [6, 6.07) is 17.5. The lowest BCUT2D eigenvalue weighted by atomic mass is 9.99. The Morgan fingerprint density at radius 3 is 2.54 bits per heavy atom. The predicted octanol–water partition coefficient (Wildman–Crippen LogP) is 6.10. The zero-order valence-electron chi connectivity index (χ0n) is 19.6. The first-order valence-electron chi connectivity index (χ1n) is 11.5. The van der Waals surface area contributed by atoms with E-state index in [2.05, 4.69) is 10.3 Å². The lowest BCUT2D eigenvalue weighted by Gasteiger charge is -2.23. The molecule has 2 aliphatic heterocycles. The Morgan fingerprint density at radius 2 is 1.84 bits per heavy atom. The Bertz CT molecular complexity index is 1430. The molecule has 3 aromatic rings. The molecule has 37 heavy (non-hydrogen) atoms. The minimum Gasteiger partial charge on any atom is -0.326 e. The lowest BCUT2D eigenvalue weighted by molar-refractivity contribution is -0.121. The molecule has 6 nitrogen and oxygen atoms in total. The summed E-state index contributed by atoms with van der Waals surface area (Å²) >= 11 is 7.23. The van der Waals surface area contributed by atoms with Crippen molar-refractivity contribution in [1.29, 1.82) is 0 Å². The zero-order valence-corrected chi connectivity index (χ0v) is 21.2. The second kappa shape index (κ2) is 10.4. The van der Waals surface area contributed by atoms with E-state index in [0.717, 1.165) is 28.6 Å². The van der Waals surface area contributed by atoms with Crippen LogP contribution in [0.1, 0.15) is 35.6 Å². The van der Waals surface area contributed by atoms with Crippen LogP contribution in [-0.2, 0) is 9.59 Å². The molecule has 3 aromatic carbocycles. The number of anilines is 1. The van der Waals surface area contributed by atoms with Gasteiger partial charge in [-0.15, -0.1) is 0 Å². The van der Waals surface area contributed by atoms with Crippen molar-refractivity contribution in [2.75, 3.05) is 5.32 Å². The summed E-state index contributed by atoms with van der Waals surface area (Å²) in [7, 11) is 0. The van der Waals surface area contributed by atoms with Crippen LogP contribution >= 0.6 is 23.4 Å². The number of aryl methyl sites for hydroxylation is 1. The highest BCUT2D eigenvalue weighted by atomic mass is 35.5. The number of halogens is 3. The van der Waals surface area contributed by atoms with Crippen LogP contribution in [0.4, 0.5) is 14.5 Å². The van der Waals surface area contributed by atoms with Crippen molar-refractivity contribution in [3.05, 3.63) is 100 Å². The number of hydrazone groups is 1. The van der Waals surface area contributed by atoms with E-state index < -0.39 is 22.9 Å². The van der Waals surface area contributed by atoms with Gasteiger partial charge in [-0.2, -0.15) is 10.1 Å². The predicted molar refractivity (Wildman–Crippen MR) is 142 cm³/mol. The van der Waals surface area contributed by atoms with Gasteiger partial charge in [0, 0.05) is 23.6 Å². The minimum absolute atomic E-state index is 0.125. The van der Waals surface area contributed by atoms with E-state index in [1.807, 2.05) is 12.1 Å². The molecule has 5 rings (SSSR count). The Kier molecular flexibility index (Phi) is 7.08. The molecule has 2 heterocycles. The van der Waals surface area contributed by atoms with Crippen molar-refractivity contribution >= 4 is 51.7 Å². The van der Waals surface area contributed by atoms with Crippen LogP contribution in [0.25, 0.3) is 0 Å². The van der Waals surface area contributed by atoms with E-state index in [4.69, 9.17) is 16.7 Å². The van der Waals surface area contributed by atoms with Crippen molar-refractivity contribution in [2.24, 2.45) is 10.1 Å². The summed E-state index contributed by atoms with van der Waals surface area (Å²) in [6.07, 6.45) is 0.380. The molecule has 0 radical (unpaired) electrons. The minimum atomic E-state index is -0.735. The fourth-order valence-corrected chi connectivity index (χ4v) is 5.29. The smallest absolute Gasteiger partial charge is 0.262 e. The van der Waals surface area contributed by atoms with Crippen LogP contribution in [0.15, 0.2) is 76.8 Å². The molecule has 0 saturated carbocycles. The molecule has 0 unspecified atom stereocenters. The summed E-state index contributed by atoms with van der Waals surface area (Å²) in [4.78, 5) is 29.5. The molecule has 0 bridgehead atoms. The average Bonchev–Trinajstić information content (AvgIpc) is 3.46. The molecule has 0 fully saturated rings. The van der Waals surface area contributed by atoms with E-state index in [1.165, 1.54) is 18.2 Å². The van der Waals surface area contributed by atoms with Gasteiger partial charge in [-0.1, -0.05) is 53.7 Å². The van der Waals surface area contributed by atoms with E-state index in [-0.39, 0.29) is 18.3 Å². The van der Waals surface area contributed by atoms with Gasteiger partial charge in [-0.05, 0) is 60.0 Å². The molecule has 2 amide bonds. The number of amidine groups is 1. The first-order chi connectivity index (χ1) is 17.8. The Hall–Kier alpha value is -3.56. The van der Waals surface area contributed by atoms with Gasteiger partial charge in [0.2, 0.25) is 5.91 Å². The molecule has 0 saturated heterocycles. The van der Waals surface area contributed by atoms with E-state index in [0.29, 0.717) is 27.9 Å². The summed E-state index contributed by atoms with van der Waals surface area (Å²) in [6.45, 7) is 1.63. The largest absolute Gasteiger partial charge is 0.326 e. The lowest BCUT2D eigenvalue weighted by Crippen LogP contribution is -2.25. The number of nitrogens with one attached hydrogen (secondary N) is 1. The quantitative estimate of drug-likeness (QED) is 0.426. The molecule has 0 spiro atoms. The van der Waals surface area contributed by atoms with Gasteiger partial charge in [0.05, 0.1) is 11.8 Å². The molecule has 0 aromatic heterocycles. The van der Waals surface area contributed by atoms with Gasteiger partial charge in [0.25, 0.3) is 5.91 Å². The maximum Gasteiger partial charge on any atom is 0.262 e. The second-order valence-electron chi connectivity index (χ2n) is 8.73. The normalized spacial score (nSPS) is 19.1. The third-order valence-electron chi connectivity index (χ3n) is 6.09. The number of thioether (sulfide) groups is 1. The van der Waals surface area contributed by atoms with Crippen LogP contribution in [0.2, 0.25) is 5.02 Å². The number of nitrogens with zero attached hydrogens (tertiary/aromatic N) is 3. The third kappa shape index (κ3) is 5.57. The number of aliphatic imine (C=N–C) groups is 1. The van der Waals surface area contributed by atoms with Crippen molar-refractivity contribution in [3.63, 3.8) is 0 Å². The summed E-state index contributed by atoms with van der Waals surface area (Å²) < 4.78 is 27.3. The standard InChI is InChI=1S/C27H21ClF2N4O2S/c1-15-2-11-20(12-21(15)30)31-25(35)14-24-26(36)32-27(37-24)34-23(17-3-7-18(28)8-4-17)13-22(33-34)16-5-9-19(29)10-6-16/h2-12,23-24H,13-14H2,1H3,(H,31,35)/t23-,24-/m0/s1. The molecule has 1 N–H and O–H groups in total. The summed E-state index contributed by atoms with van der Waals surface area (Å²) in [5.41, 5.74) is 3.19. The van der Waals surface area contributed by atoms with Crippen LogP contribution in [-0.4, -0.2) is 33.0 Å². The molecular formula is C27H21ClF2N4O2S. The van der Waals surface area contributed by atoms with Gasteiger partial charge in [0.15, 0.2) is 5.17 Å². The van der Waals surface area contributed by atoms with E-state index in [1.54, 1.807) is 48.3 Å². The topological polar surface area (TPSA) is 74.1 Å². The number of carbonyl (C=O) groups excluding carboxylic acids is 2. The molecule has 0 aliphatic carbocycles. The summed E-state index contributed by atoms with van der Waals surface area (Å²) in [5, 5.41) is 9.28. The number of hydrogen-bond donors (Lipinski definition) is 1. The number of hydrogen-bond acceptors (Lipinski definition) is 5. The Morgan fingerprint density at radius 1 is 1.11 bits per heavy atom. The summed E-state index contributed by atoms with van der Waals surface area (Å²) in [5.74, 6) is -1.63. The highest BCUT2D eigenvalue weighted by Gasteiger charge is 2.39. The van der Waals surface area contributed by atoms with Crippen LogP contribution in [0, 0.1) is 18.6 Å². The van der Waals surface area contributed by atoms with Crippen molar-refractivity contribution < 1.29 is 18.4 Å². The maximum absolute atomic E-state index is 13.8. The molecule has 2 atom stereocenters. The van der Waals surface area contributed by atoms with Gasteiger partial charge in [-0.3, -0.25) is 9.59 Å². The van der Waals surface area contributed by atoms with Crippen molar-refractivity contribution in [2.45, 2.75) is 31.1 Å². The van der Waals surface area contributed by atoms with Crippen LogP contribution < -0.4 is 5.32 Å². The highest BCUT2D eigenvalue weighted by Crippen LogP contribution is 2.39. The molecule has 2 aliphatic rings. The first kappa shape index (κ1) is 25.1. The van der Waals surface area contributed by atoms with Gasteiger partial charge in [0.1, 0.15) is 16.9 Å². The highest BCUT2D eigenvalue weighted by molar-refractivity contribution is 8.15. The monoisotopic (exact) mass is 538 g/mol. The number of benzene rings is 3. The number of amides is 2. The van der Waals surface area contributed by atoms with E-state index >= 15 is 0 Å². The van der Waals surface area contributed by atoms with Crippen LogP contribution in [0.5, 0.6) is 0 Å². The first-order valence-corrected chi connectivity index (χ1v) is 12.8. The van der Waals surface area contributed by atoms with Crippen molar-refractivity contribution in [1.82, 2.24) is 5.01 Å². The zero-order chi connectivity index (χ0) is 26.1. The fourth-order valence-electron chi connectivity index (χ4n) is 4.10. The van der Waals surface area contributed by atoms with Crippen molar-refractivity contribution in [3.8, 4) is 0 Å². The average molecular weight is 539 g/mol. The Balaban J connectivity index is 1.34.